The van der Waals surface area contributed by atoms with E-state index in [1.54, 1.807) is 12.1 Å². The zero-order chi connectivity index (χ0) is 15.0. The molecular formula is C14H10ClNO3S2. The van der Waals surface area contributed by atoms with Crippen molar-refractivity contribution >= 4 is 43.3 Å². The fraction of sp³-hybridized carbons (Fsp3) is 0.0714. The van der Waals surface area contributed by atoms with Gasteiger partial charge in [0.2, 0.25) is 0 Å². The van der Waals surface area contributed by atoms with E-state index in [2.05, 4.69) is 4.37 Å². The van der Waals surface area contributed by atoms with Gasteiger partial charge in [-0.15, -0.1) is 0 Å². The first kappa shape index (κ1) is 14.3. The maximum atomic E-state index is 11.1. The first-order chi connectivity index (χ1) is 9.92. The molecule has 0 bridgehead atoms. The Morgan fingerprint density at radius 3 is 2.52 bits per heavy atom. The number of fused-ring (bicyclic) bond motifs is 1. The molecule has 0 atom stereocenters. The molecule has 2 aromatic carbocycles. The van der Waals surface area contributed by atoms with E-state index in [0.717, 1.165) is 27.6 Å². The number of rotatable bonds is 3. The Kier molecular flexibility index (Phi) is 3.61. The van der Waals surface area contributed by atoms with Crippen LogP contribution in [0.25, 0.3) is 21.3 Å². The molecular weight excluding hydrogens is 330 g/mol. The smallest absolute Gasteiger partial charge is 0.306 e. The average molecular weight is 340 g/mol. The summed E-state index contributed by atoms with van der Waals surface area (Å²) in [6.45, 7) is 0. The minimum atomic E-state index is -3.53. The van der Waals surface area contributed by atoms with Crippen LogP contribution in [-0.4, -0.2) is 19.0 Å². The van der Waals surface area contributed by atoms with Crippen LogP contribution in [0.2, 0.25) is 5.02 Å². The van der Waals surface area contributed by atoms with E-state index in [4.69, 9.17) is 15.8 Å². The molecule has 0 spiro atoms. The number of aromatic nitrogens is 1. The number of hydrogen-bond donors (Lipinski definition) is 0. The molecule has 3 rings (SSSR count). The van der Waals surface area contributed by atoms with Gasteiger partial charge in [-0.1, -0.05) is 23.7 Å². The van der Waals surface area contributed by atoms with Crippen molar-refractivity contribution in [3.63, 3.8) is 0 Å². The van der Waals surface area contributed by atoms with E-state index in [9.17, 15) is 8.42 Å². The second-order valence-corrected chi connectivity index (χ2v) is 7.30. The fourth-order valence-electron chi connectivity index (χ4n) is 1.96. The first-order valence-corrected chi connectivity index (χ1v) is 8.94. The number of halogens is 1. The van der Waals surface area contributed by atoms with Crippen molar-refractivity contribution in [3.05, 3.63) is 47.5 Å². The lowest BCUT2D eigenvalue weighted by Gasteiger charge is -2.03. The summed E-state index contributed by atoms with van der Waals surface area (Å²) in [6.07, 6.45) is 1.02. The Labute approximate surface area is 131 Å². The highest BCUT2D eigenvalue weighted by Crippen LogP contribution is 2.33. The van der Waals surface area contributed by atoms with Crippen molar-refractivity contribution in [2.75, 3.05) is 6.26 Å². The molecule has 0 radical (unpaired) electrons. The molecule has 0 unspecified atom stereocenters. The second-order valence-electron chi connectivity index (χ2n) is 4.48. The third-order valence-corrected chi connectivity index (χ3v) is 4.36. The molecule has 0 amide bonds. The molecule has 0 aliphatic rings. The summed E-state index contributed by atoms with van der Waals surface area (Å²) in [5.74, 6) is 0.288. The van der Waals surface area contributed by atoms with Gasteiger partial charge in [0, 0.05) is 22.0 Å². The highest BCUT2D eigenvalue weighted by Gasteiger charge is 2.11. The molecule has 0 saturated carbocycles. The van der Waals surface area contributed by atoms with Gasteiger partial charge in [0.05, 0.1) is 16.6 Å². The Balaban J connectivity index is 2.05. The molecule has 4 nitrogen and oxygen atoms in total. The van der Waals surface area contributed by atoms with Gasteiger partial charge >= 0.3 is 10.1 Å². The molecule has 0 fully saturated rings. The van der Waals surface area contributed by atoms with E-state index in [-0.39, 0.29) is 5.75 Å². The lowest BCUT2D eigenvalue weighted by atomic mass is 10.1. The summed E-state index contributed by atoms with van der Waals surface area (Å²) >= 11 is 7.18. The van der Waals surface area contributed by atoms with Crippen molar-refractivity contribution in [3.8, 4) is 17.0 Å². The van der Waals surface area contributed by atoms with E-state index in [0.29, 0.717) is 5.02 Å². The summed E-state index contributed by atoms with van der Waals surface area (Å²) in [5.41, 5.74) is 1.81. The molecule has 108 valence electrons. The quantitative estimate of drug-likeness (QED) is 0.678. The van der Waals surface area contributed by atoms with Crippen molar-refractivity contribution in [2.24, 2.45) is 0 Å². The van der Waals surface area contributed by atoms with Gasteiger partial charge < -0.3 is 4.18 Å². The molecule has 1 aromatic heterocycles. The van der Waals surface area contributed by atoms with Gasteiger partial charge in [-0.3, -0.25) is 0 Å². The van der Waals surface area contributed by atoms with E-state index in [1.165, 1.54) is 11.5 Å². The Hall–Kier alpha value is -1.63. The van der Waals surface area contributed by atoms with Crippen LogP contribution in [0.3, 0.4) is 0 Å². The lowest BCUT2D eigenvalue weighted by Crippen LogP contribution is -2.05. The van der Waals surface area contributed by atoms with Crippen molar-refractivity contribution < 1.29 is 12.6 Å². The topological polar surface area (TPSA) is 56.3 Å². The standard InChI is InChI=1S/C14H10ClNO3S2/c1-21(17,18)19-11-6-7-12-13(8-11)20-16-14(12)9-2-4-10(15)5-3-9/h2-8H,1H3. The SMILES string of the molecule is CS(=O)(=O)Oc1ccc2c(-c3ccc(Cl)cc3)nsc2c1. The van der Waals surface area contributed by atoms with Crippen LogP contribution >= 0.6 is 23.1 Å². The zero-order valence-electron chi connectivity index (χ0n) is 10.9. The van der Waals surface area contributed by atoms with Gasteiger partial charge in [-0.25, -0.2) is 0 Å². The second kappa shape index (κ2) is 5.29. The molecule has 0 aliphatic carbocycles. The van der Waals surface area contributed by atoms with Crippen molar-refractivity contribution in [1.29, 1.82) is 0 Å². The summed E-state index contributed by atoms with van der Waals surface area (Å²) in [5, 5.41) is 1.62. The Bertz CT molecular complexity index is 902. The minimum Gasteiger partial charge on any atom is -0.383 e. The van der Waals surface area contributed by atoms with Crippen LogP contribution in [-0.2, 0) is 10.1 Å². The van der Waals surface area contributed by atoms with Crippen LogP contribution in [0.4, 0.5) is 0 Å². The minimum absolute atomic E-state index is 0.288. The van der Waals surface area contributed by atoms with E-state index in [1.807, 2.05) is 30.3 Å². The highest BCUT2D eigenvalue weighted by molar-refractivity contribution is 7.86. The normalized spacial score (nSPS) is 11.7. The van der Waals surface area contributed by atoms with Crippen LogP contribution in [0.5, 0.6) is 5.75 Å². The van der Waals surface area contributed by atoms with Gasteiger partial charge in [0.15, 0.2) is 0 Å². The highest BCUT2D eigenvalue weighted by atomic mass is 35.5. The summed E-state index contributed by atoms with van der Waals surface area (Å²) in [7, 11) is -3.53. The van der Waals surface area contributed by atoms with E-state index >= 15 is 0 Å². The average Bonchev–Trinajstić information content (AvgIpc) is 2.81. The van der Waals surface area contributed by atoms with Gasteiger partial charge in [0.25, 0.3) is 0 Å². The van der Waals surface area contributed by atoms with E-state index < -0.39 is 10.1 Å². The lowest BCUT2D eigenvalue weighted by molar-refractivity contribution is 0.493. The van der Waals surface area contributed by atoms with Crippen LogP contribution in [0, 0.1) is 0 Å². The van der Waals surface area contributed by atoms with Gasteiger partial charge in [-0.2, -0.15) is 12.8 Å². The monoisotopic (exact) mass is 339 g/mol. The molecule has 3 aromatic rings. The number of nitrogens with zero attached hydrogens (tertiary/aromatic N) is 1. The number of benzene rings is 2. The van der Waals surface area contributed by atoms with Gasteiger partial charge in [-0.05, 0) is 35.8 Å². The van der Waals surface area contributed by atoms with Crippen LogP contribution in [0.1, 0.15) is 0 Å². The van der Waals surface area contributed by atoms with Crippen LogP contribution in [0.15, 0.2) is 42.5 Å². The maximum absolute atomic E-state index is 11.1. The summed E-state index contributed by atoms with van der Waals surface area (Å²) in [4.78, 5) is 0. The zero-order valence-corrected chi connectivity index (χ0v) is 13.3. The molecule has 7 heteroatoms. The largest absolute Gasteiger partial charge is 0.383 e. The summed E-state index contributed by atoms with van der Waals surface area (Å²) < 4.78 is 32.5. The third-order valence-electron chi connectivity index (χ3n) is 2.81. The first-order valence-electron chi connectivity index (χ1n) is 5.97. The van der Waals surface area contributed by atoms with Gasteiger partial charge in [0.1, 0.15) is 5.75 Å². The Morgan fingerprint density at radius 1 is 1.14 bits per heavy atom. The predicted molar refractivity (Wildman–Crippen MR) is 85.5 cm³/mol. The molecule has 0 aliphatic heterocycles. The summed E-state index contributed by atoms with van der Waals surface area (Å²) in [6, 6.07) is 12.5. The van der Waals surface area contributed by atoms with Crippen molar-refractivity contribution in [1.82, 2.24) is 4.37 Å². The Morgan fingerprint density at radius 2 is 1.86 bits per heavy atom. The third kappa shape index (κ3) is 3.18. The molecule has 1 heterocycles. The maximum Gasteiger partial charge on any atom is 0.306 e. The molecule has 0 saturated heterocycles. The fourth-order valence-corrected chi connectivity index (χ4v) is 3.36. The number of hydrogen-bond acceptors (Lipinski definition) is 5. The molecule has 21 heavy (non-hydrogen) atoms. The van der Waals surface area contributed by atoms with Crippen LogP contribution < -0.4 is 4.18 Å². The van der Waals surface area contributed by atoms with Crippen molar-refractivity contribution in [2.45, 2.75) is 0 Å². The molecule has 0 N–H and O–H groups in total. The predicted octanol–water partition coefficient (Wildman–Crippen LogP) is 3.96.